The van der Waals surface area contributed by atoms with E-state index in [0.29, 0.717) is 46.4 Å². The predicted molar refractivity (Wildman–Crippen MR) is 147 cm³/mol. The summed E-state index contributed by atoms with van der Waals surface area (Å²) < 4.78 is 7.34. The first-order valence-electron chi connectivity index (χ1n) is 11.8. The highest BCUT2D eigenvalue weighted by atomic mass is 32.1. The molecular formula is C27H26N6O3S. The summed E-state index contributed by atoms with van der Waals surface area (Å²) in [5.74, 6) is 0.298. The molecule has 5 rings (SSSR count). The molecular weight excluding hydrogens is 488 g/mol. The van der Waals surface area contributed by atoms with E-state index >= 15 is 0 Å². The number of thiophene rings is 1. The largest absolute Gasteiger partial charge is 0.490 e. The van der Waals surface area contributed by atoms with E-state index in [-0.39, 0.29) is 17.8 Å². The van der Waals surface area contributed by atoms with Gasteiger partial charge >= 0.3 is 0 Å². The maximum atomic E-state index is 13.2. The van der Waals surface area contributed by atoms with Gasteiger partial charge in [-0.2, -0.15) is 0 Å². The number of ether oxygens (including phenoxy) is 1. The minimum Gasteiger partial charge on any atom is -0.490 e. The number of likely N-dealkylation sites (tertiary alicyclic amines) is 1. The van der Waals surface area contributed by atoms with Gasteiger partial charge in [0, 0.05) is 30.9 Å². The lowest BCUT2D eigenvalue weighted by Gasteiger charge is -2.32. The molecule has 9 nitrogen and oxygen atoms in total. The van der Waals surface area contributed by atoms with Gasteiger partial charge < -0.3 is 25.6 Å². The topological polar surface area (TPSA) is 106 Å². The molecule has 188 valence electrons. The number of hydrogen-bond acceptors (Lipinski definition) is 8. The van der Waals surface area contributed by atoms with Crippen molar-refractivity contribution < 1.29 is 9.53 Å². The normalized spacial score (nSPS) is 17.2. The average molecular weight is 515 g/mol. The van der Waals surface area contributed by atoms with Gasteiger partial charge in [0.25, 0.3) is 11.5 Å². The quantitative estimate of drug-likeness (QED) is 0.385. The Morgan fingerprint density at radius 3 is 2.89 bits per heavy atom. The molecule has 2 aromatic heterocycles. The molecule has 1 atom stereocenters. The van der Waals surface area contributed by atoms with Gasteiger partial charge in [0.05, 0.1) is 28.3 Å². The predicted octanol–water partition coefficient (Wildman–Crippen LogP) is 2.88. The molecule has 2 aliphatic heterocycles. The molecule has 4 heterocycles. The highest BCUT2D eigenvalue weighted by Gasteiger charge is 2.25. The van der Waals surface area contributed by atoms with Gasteiger partial charge in [0.15, 0.2) is 5.82 Å². The van der Waals surface area contributed by atoms with Crippen molar-refractivity contribution in [1.82, 2.24) is 19.8 Å². The molecule has 3 N–H and O–H groups in total. The van der Waals surface area contributed by atoms with Gasteiger partial charge in [0.1, 0.15) is 17.2 Å². The Bertz CT molecular complexity index is 1550. The zero-order valence-corrected chi connectivity index (χ0v) is 21.0. The maximum absolute atomic E-state index is 13.2. The summed E-state index contributed by atoms with van der Waals surface area (Å²) in [6.07, 6.45) is 11.5. The summed E-state index contributed by atoms with van der Waals surface area (Å²) in [6.45, 7) is 10.1. The zero-order valence-electron chi connectivity index (χ0n) is 20.1. The first kappa shape index (κ1) is 24.2. The number of aromatic nitrogens is 2. The van der Waals surface area contributed by atoms with Gasteiger partial charge in [-0.3, -0.25) is 14.2 Å². The molecule has 1 aromatic carbocycles. The molecule has 0 aliphatic carbocycles. The summed E-state index contributed by atoms with van der Waals surface area (Å²) in [5.41, 5.74) is 8.26. The molecule has 3 aromatic rings. The second-order valence-corrected chi connectivity index (χ2v) is 9.69. The number of carbonyl (C=O) groups excluding carboxylic acids is 1. The number of fused-ring (bicyclic) bond motifs is 2. The third-order valence-electron chi connectivity index (χ3n) is 6.38. The van der Waals surface area contributed by atoms with E-state index in [9.17, 15) is 9.59 Å². The third kappa shape index (κ3) is 4.45. The average Bonchev–Trinajstić information content (AvgIpc) is 3.54. The SMILES string of the molecule is C#CN1CCC(NC(=O)c2cc3c(nc(N)c(=O)n3-c3ccc4c(c3)N(/C(C=C)=C/C=C)CCO4)s2)C1. The molecule has 0 radical (unpaired) electrons. The fraction of sp³-hybridized carbons (Fsp3) is 0.222. The molecule has 2 aliphatic rings. The van der Waals surface area contributed by atoms with E-state index in [4.69, 9.17) is 16.9 Å². The fourth-order valence-electron chi connectivity index (χ4n) is 4.62. The van der Waals surface area contributed by atoms with Crippen molar-refractivity contribution in [3.05, 3.63) is 76.6 Å². The van der Waals surface area contributed by atoms with Crippen LogP contribution in [0.15, 0.2) is 66.1 Å². The molecule has 0 bridgehead atoms. The van der Waals surface area contributed by atoms with Crippen molar-refractivity contribution in [3.8, 4) is 23.9 Å². The molecule has 0 spiro atoms. The lowest BCUT2D eigenvalue weighted by atomic mass is 10.1. The smallest absolute Gasteiger partial charge is 0.298 e. The van der Waals surface area contributed by atoms with Crippen LogP contribution < -0.4 is 26.2 Å². The van der Waals surface area contributed by atoms with Crippen molar-refractivity contribution in [3.63, 3.8) is 0 Å². The third-order valence-corrected chi connectivity index (χ3v) is 7.40. The minimum absolute atomic E-state index is 0.0386. The highest BCUT2D eigenvalue weighted by molar-refractivity contribution is 7.20. The number of nitrogens with two attached hydrogens (primary N) is 1. The van der Waals surface area contributed by atoms with Crippen LogP contribution in [0.25, 0.3) is 16.0 Å². The van der Waals surface area contributed by atoms with Crippen LogP contribution in [0, 0.1) is 12.5 Å². The summed E-state index contributed by atoms with van der Waals surface area (Å²) in [4.78, 5) is 35.3. The van der Waals surface area contributed by atoms with Crippen LogP contribution in [-0.4, -0.2) is 52.6 Å². The molecule has 1 fully saturated rings. The van der Waals surface area contributed by atoms with Crippen molar-refractivity contribution in [1.29, 1.82) is 0 Å². The summed E-state index contributed by atoms with van der Waals surface area (Å²) in [7, 11) is 0. The van der Waals surface area contributed by atoms with E-state index < -0.39 is 5.56 Å². The first-order chi connectivity index (χ1) is 17.9. The Balaban J connectivity index is 1.56. The van der Waals surface area contributed by atoms with Gasteiger partial charge in [0.2, 0.25) is 0 Å². The number of terminal acetylenes is 1. The second kappa shape index (κ2) is 9.87. The number of hydrogen-bond donors (Lipinski definition) is 2. The van der Waals surface area contributed by atoms with Gasteiger partial charge in [-0.25, -0.2) is 4.98 Å². The van der Waals surface area contributed by atoms with Crippen molar-refractivity contribution >= 4 is 39.1 Å². The maximum Gasteiger partial charge on any atom is 0.298 e. The molecule has 1 saturated heterocycles. The van der Waals surface area contributed by atoms with E-state index in [2.05, 4.69) is 34.4 Å². The zero-order chi connectivity index (χ0) is 26.1. The van der Waals surface area contributed by atoms with E-state index in [1.807, 2.05) is 23.1 Å². The number of benzene rings is 1. The van der Waals surface area contributed by atoms with Crippen molar-refractivity contribution in [2.45, 2.75) is 12.5 Å². The minimum atomic E-state index is -0.466. The Morgan fingerprint density at radius 1 is 1.32 bits per heavy atom. The summed E-state index contributed by atoms with van der Waals surface area (Å²) >= 11 is 1.19. The van der Waals surface area contributed by atoms with E-state index in [1.165, 1.54) is 15.9 Å². The molecule has 1 amide bonds. The Morgan fingerprint density at radius 2 is 2.16 bits per heavy atom. The number of allylic oxidation sites excluding steroid dienone is 3. The molecule has 10 heteroatoms. The van der Waals surface area contributed by atoms with Crippen LogP contribution in [0.5, 0.6) is 5.75 Å². The van der Waals surface area contributed by atoms with Crippen LogP contribution in [0.1, 0.15) is 16.1 Å². The monoisotopic (exact) mass is 514 g/mol. The van der Waals surface area contributed by atoms with Crippen LogP contribution in [0.4, 0.5) is 11.5 Å². The van der Waals surface area contributed by atoms with Crippen molar-refractivity contribution in [2.75, 3.05) is 36.9 Å². The highest BCUT2D eigenvalue weighted by Crippen LogP contribution is 2.37. The Kier molecular flexibility index (Phi) is 6.46. The number of nitrogens with zero attached hydrogens (tertiary/aromatic N) is 4. The Labute approximate surface area is 218 Å². The number of nitrogen functional groups attached to an aromatic ring is 1. The number of amides is 1. The van der Waals surface area contributed by atoms with Crippen LogP contribution in [0.2, 0.25) is 0 Å². The number of nitrogens with one attached hydrogen (secondary N) is 1. The standard InChI is InChI=1S/C27H26N6O3S/c1-4-7-18(5-2)32-12-13-36-22-9-8-19(14-20(22)32)33-21-15-23(37-26(21)30-24(28)27(33)35)25(34)29-17-10-11-31(6-3)16-17/h3-5,7-9,14-15,17H,1-2,10-13,16H2,(H2,28,30)(H,29,34)/b18-7+. The lowest BCUT2D eigenvalue weighted by molar-refractivity contribution is 0.0943. The van der Waals surface area contributed by atoms with Crippen LogP contribution >= 0.6 is 11.3 Å². The first-order valence-corrected chi connectivity index (χ1v) is 12.6. The Hall–Kier alpha value is -4.49. The number of carbonyl (C=O) groups is 1. The van der Waals surface area contributed by atoms with Crippen LogP contribution in [-0.2, 0) is 0 Å². The van der Waals surface area contributed by atoms with E-state index in [0.717, 1.165) is 24.4 Å². The number of rotatable bonds is 6. The number of anilines is 2. The molecule has 37 heavy (non-hydrogen) atoms. The van der Waals surface area contributed by atoms with Gasteiger partial charge in [-0.1, -0.05) is 25.7 Å². The second-order valence-electron chi connectivity index (χ2n) is 8.66. The van der Waals surface area contributed by atoms with Gasteiger partial charge in [-0.05, 0) is 42.8 Å². The van der Waals surface area contributed by atoms with E-state index in [1.54, 1.807) is 24.3 Å². The summed E-state index contributed by atoms with van der Waals surface area (Å²) in [6, 6.07) is 9.71. The molecule has 1 unspecified atom stereocenters. The summed E-state index contributed by atoms with van der Waals surface area (Å²) in [5, 5.41) is 3.03. The van der Waals surface area contributed by atoms with Crippen LogP contribution in [0.3, 0.4) is 0 Å². The molecule has 0 saturated carbocycles. The van der Waals surface area contributed by atoms with Crippen molar-refractivity contribution in [2.24, 2.45) is 0 Å². The van der Waals surface area contributed by atoms with Gasteiger partial charge in [-0.15, -0.1) is 11.3 Å². The lowest BCUT2D eigenvalue weighted by Crippen LogP contribution is -2.36. The fourth-order valence-corrected chi connectivity index (χ4v) is 5.54.